The molecule has 0 radical (unpaired) electrons. The molecule has 0 fully saturated rings. The fraction of sp³-hybridized carbons (Fsp3) is 0.0833. The fourth-order valence-corrected chi connectivity index (χ4v) is 3.84. The van der Waals surface area contributed by atoms with E-state index >= 15 is 4.39 Å². The molecule has 29 heavy (non-hydrogen) atoms. The molecule has 3 aromatic carbocycles. The Balaban J connectivity index is 1.65. The summed E-state index contributed by atoms with van der Waals surface area (Å²) in [5.41, 5.74) is 4.53. The summed E-state index contributed by atoms with van der Waals surface area (Å²) in [4.78, 5) is 0. The zero-order chi connectivity index (χ0) is 19.8. The Labute approximate surface area is 166 Å². The van der Waals surface area contributed by atoms with Gasteiger partial charge in [-0.05, 0) is 69.9 Å². The van der Waals surface area contributed by atoms with Crippen molar-refractivity contribution in [2.45, 2.75) is 6.54 Å². The molecular formula is C24H17F2N3. The molecule has 1 aliphatic heterocycles. The van der Waals surface area contributed by atoms with Gasteiger partial charge in [0.05, 0.1) is 5.69 Å². The summed E-state index contributed by atoms with van der Waals surface area (Å²) in [6.07, 6.45) is 3.60. The summed E-state index contributed by atoms with van der Waals surface area (Å²) in [7, 11) is 0. The van der Waals surface area contributed by atoms with Crippen LogP contribution < -0.4 is 5.32 Å². The topological polar surface area (TPSA) is 37.8 Å². The highest BCUT2D eigenvalue weighted by Crippen LogP contribution is 2.34. The van der Waals surface area contributed by atoms with Crippen molar-refractivity contribution in [3.05, 3.63) is 101 Å². The third-order valence-corrected chi connectivity index (χ3v) is 5.19. The third-order valence-electron chi connectivity index (χ3n) is 5.19. The van der Waals surface area contributed by atoms with Gasteiger partial charge in [0.25, 0.3) is 0 Å². The van der Waals surface area contributed by atoms with Gasteiger partial charge in [0, 0.05) is 30.4 Å². The summed E-state index contributed by atoms with van der Waals surface area (Å²) in [6, 6.07) is 17.5. The van der Waals surface area contributed by atoms with Gasteiger partial charge in [-0.3, -0.25) is 0 Å². The van der Waals surface area contributed by atoms with Crippen molar-refractivity contribution in [1.29, 1.82) is 0 Å². The summed E-state index contributed by atoms with van der Waals surface area (Å²) in [5.74, 6) is -0.562. The van der Waals surface area contributed by atoms with Crippen molar-refractivity contribution in [3.8, 4) is 11.3 Å². The predicted octanol–water partition coefficient (Wildman–Crippen LogP) is 5.11. The second-order valence-corrected chi connectivity index (χ2v) is 7.06. The van der Waals surface area contributed by atoms with E-state index in [0.717, 1.165) is 27.5 Å². The second-order valence-electron chi connectivity index (χ2n) is 7.06. The number of rotatable bonds is 2. The fourth-order valence-electron chi connectivity index (χ4n) is 3.84. The minimum Gasteiger partial charge on any atom is -0.309 e. The van der Waals surface area contributed by atoms with E-state index in [1.54, 1.807) is 18.3 Å². The maximum atomic E-state index is 15.3. The monoisotopic (exact) mass is 385 g/mol. The van der Waals surface area contributed by atoms with Crippen LogP contribution in [0.4, 0.5) is 8.78 Å². The molecule has 0 saturated heterocycles. The van der Waals surface area contributed by atoms with E-state index in [1.165, 1.54) is 18.2 Å². The quantitative estimate of drug-likeness (QED) is 0.521. The van der Waals surface area contributed by atoms with Crippen molar-refractivity contribution in [2.24, 2.45) is 0 Å². The first-order valence-corrected chi connectivity index (χ1v) is 9.40. The van der Waals surface area contributed by atoms with Gasteiger partial charge in [-0.2, -0.15) is 10.2 Å². The number of benzene rings is 3. The van der Waals surface area contributed by atoms with E-state index in [2.05, 4.69) is 15.5 Å². The molecule has 0 unspecified atom stereocenters. The van der Waals surface area contributed by atoms with Crippen LogP contribution in [0.1, 0.15) is 16.7 Å². The number of nitrogens with one attached hydrogen (secondary N) is 1. The Morgan fingerprint density at radius 1 is 0.862 bits per heavy atom. The molecule has 0 bridgehead atoms. The highest BCUT2D eigenvalue weighted by Gasteiger charge is 2.19. The average Bonchev–Trinajstić information content (AvgIpc) is 2.97. The molecule has 1 N–H and O–H groups in total. The lowest BCUT2D eigenvalue weighted by Crippen LogP contribution is -2.12. The molecule has 1 aliphatic rings. The standard InChI is InChI=1S/C24H17F2N3/c25-20-6-5-15-10-17(4-3-16(15)12-20)21-7-9-27-14-19-11-18(13-22(26)24(19)21)23-2-1-8-28-29-23/h1-8,10-13,27H,9,14H2. The summed E-state index contributed by atoms with van der Waals surface area (Å²) < 4.78 is 28.8. The number of hydrogen-bond acceptors (Lipinski definition) is 3. The number of fused-ring (bicyclic) bond motifs is 2. The van der Waals surface area contributed by atoms with E-state index < -0.39 is 0 Å². The lowest BCUT2D eigenvalue weighted by atomic mass is 9.90. The molecule has 0 amide bonds. The van der Waals surface area contributed by atoms with Crippen LogP contribution in [-0.4, -0.2) is 16.7 Å². The molecule has 2 heterocycles. The van der Waals surface area contributed by atoms with Crippen LogP contribution in [0.25, 0.3) is 27.6 Å². The van der Waals surface area contributed by atoms with Gasteiger partial charge in [0.2, 0.25) is 0 Å². The van der Waals surface area contributed by atoms with Crippen LogP contribution in [0.15, 0.2) is 72.9 Å². The third kappa shape index (κ3) is 3.30. The summed E-state index contributed by atoms with van der Waals surface area (Å²) in [6.45, 7) is 1.19. The van der Waals surface area contributed by atoms with E-state index in [9.17, 15) is 4.39 Å². The van der Waals surface area contributed by atoms with Crippen LogP contribution >= 0.6 is 0 Å². The van der Waals surface area contributed by atoms with Gasteiger partial charge < -0.3 is 5.32 Å². The molecule has 0 saturated carbocycles. The summed E-state index contributed by atoms with van der Waals surface area (Å²) in [5, 5.41) is 13.1. The Hall–Kier alpha value is -3.44. The Bertz CT molecular complexity index is 1250. The molecule has 142 valence electrons. The summed E-state index contributed by atoms with van der Waals surface area (Å²) >= 11 is 0. The molecule has 0 atom stereocenters. The van der Waals surface area contributed by atoms with Crippen LogP contribution in [0.3, 0.4) is 0 Å². The minimum absolute atomic E-state index is 0.268. The van der Waals surface area contributed by atoms with Gasteiger partial charge in [-0.25, -0.2) is 8.78 Å². The Morgan fingerprint density at radius 3 is 2.59 bits per heavy atom. The SMILES string of the molecule is Fc1ccc2cc(C3=CCNCc4cc(-c5cccnn5)cc(F)c43)ccc2c1. The number of aromatic nitrogens is 2. The Kier molecular flexibility index (Phi) is 4.37. The second kappa shape index (κ2) is 7.18. The van der Waals surface area contributed by atoms with Crippen molar-refractivity contribution < 1.29 is 8.78 Å². The van der Waals surface area contributed by atoms with Crippen LogP contribution in [-0.2, 0) is 6.54 Å². The first kappa shape index (κ1) is 17.6. The van der Waals surface area contributed by atoms with E-state index in [1.807, 2.05) is 36.4 Å². The molecule has 5 heteroatoms. The van der Waals surface area contributed by atoms with Gasteiger partial charge in [-0.1, -0.05) is 24.3 Å². The molecule has 4 aromatic rings. The van der Waals surface area contributed by atoms with Crippen molar-refractivity contribution >= 4 is 16.3 Å². The van der Waals surface area contributed by atoms with Gasteiger partial charge in [-0.15, -0.1) is 0 Å². The highest BCUT2D eigenvalue weighted by atomic mass is 19.1. The van der Waals surface area contributed by atoms with Crippen LogP contribution in [0, 0.1) is 11.6 Å². The molecular weight excluding hydrogens is 368 g/mol. The lowest BCUT2D eigenvalue weighted by molar-refractivity contribution is 0.620. The average molecular weight is 385 g/mol. The maximum Gasteiger partial charge on any atom is 0.132 e. The molecule has 0 spiro atoms. The molecule has 5 rings (SSSR count). The predicted molar refractivity (Wildman–Crippen MR) is 110 cm³/mol. The first-order chi connectivity index (χ1) is 14.2. The smallest absolute Gasteiger partial charge is 0.132 e. The van der Waals surface area contributed by atoms with Gasteiger partial charge >= 0.3 is 0 Å². The van der Waals surface area contributed by atoms with Crippen molar-refractivity contribution in [3.63, 3.8) is 0 Å². The van der Waals surface area contributed by atoms with Crippen LogP contribution in [0.2, 0.25) is 0 Å². The molecule has 0 aliphatic carbocycles. The normalized spacial score (nSPS) is 13.7. The van der Waals surface area contributed by atoms with Gasteiger partial charge in [0.1, 0.15) is 11.6 Å². The van der Waals surface area contributed by atoms with E-state index in [0.29, 0.717) is 29.9 Å². The maximum absolute atomic E-state index is 15.3. The van der Waals surface area contributed by atoms with Crippen molar-refractivity contribution in [2.75, 3.05) is 6.54 Å². The zero-order valence-electron chi connectivity index (χ0n) is 15.5. The molecule has 3 nitrogen and oxygen atoms in total. The van der Waals surface area contributed by atoms with Crippen LogP contribution in [0.5, 0.6) is 0 Å². The highest BCUT2D eigenvalue weighted by molar-refractivity contribution is 5.90. The molecule has 1 aromatic heterocycles. The zero-order valence-corrected chi connectivity index (χ0v) is 15.5. The largest absolute Gasteiger partial charge is 0.309 e. The van der Waals surface area contributed by atoms with E-state index in [-0.39, 0.29) is 11.6 Å². The minimum atomic E-state index is -0.294. The Morgan fingerprint density at radius 2 is 1.72 bits per heavy atom. The lowest BCUT2D eigenvalue weighted by Gasteiger charge is -2.15. The van der Waals surface area contributed by atoms with Crippen molar-refractivity contribution in [1.82, 2.24) is 15.5 Å². The number of nitrogens with zero attached hydrogens (tertiary/aromatic N) is 2. The number of hydrogen-bond donors (Lipinski definition) is 1. The van der Waals surface area contributed by atoms with Gasteiger partial charge in [0.15, 0.2) is 0 Å². The first-order valence-electron chi connectivity index (χ1n) is 9.40. The number of halogens is 2. The van der Waals surface area contributed by atoms with E-state index in [4.69, 9.17) is 0 Å².